The van der Waals surface area contributed by atoms with Gasteiger partial charge in [-0.2, -0.15) is 0 Å². The van der Waals surface area contributed by atoms with E-state index in [2.05, 4.69) is 4.90 Å². The van der Waals surface area contributed by atoms with Gasteiger partial charge in [-0.15, -0.1) is 0 Å². The normalized spacial score (nSPS) is 21.4. The molecule has 1 atom stereocenters. The van der Waals surface area contributed by atoms with Gasteiger partial charge in [-0.25, -0.2) is 0 Å². The lowest BCUT2D eigenvalue weighted by molar-refractivity contribution is -0.142. The summed E-state index contributed by atoms with van der Waals surface area (Å²) in [7, 11) is 1.64. The van der Waals surface area contributed by atoms with E-state index in [1.54, 1.807) is 20.1 Å². The minimum atomic E-state index is -0.237. The standard InChI is InChI=1S/C19H26N2O4/c1-14(22)15-5-6-17(24-2)16(12-15)13-20-7-9-21(10-8-20)19(23)18-4-3-11-25-18/h5-6,12,18H,3-4,7-11,13H2,1-2H3/t18-/m0/s1. The number of ketones is 1. The van der Waals surface area contributed by atoms with E-state index < -0.39 is 0 Å². The van der Waals surface area contributed by atoms with Gasteiger partial charge in [-0.3, -0.25) is 14.5 Å². The molecule has 2 aliphatic rings. The van der Waals surface area contributed by atoms with Crippen molar-refractivity contribution in [3.05, 3.63) is 29.3 Å². The van der Waals surface area contributed by atoms with Crippen LogP contribution in [0.3, 0.4) is 0 Å². The Kier molecular flexibility index (Phi) is 5.71. The van der Waals surface area contributed by atoms with Gasteiger partial charge in [0, 0.05) is 50.5 Å². The average Bonchev–Trinajstić information content (AvgIpc) is 3.16. The van der Waals surface area contributed by atoms with E-state index >= 15 is 0 Å². The fourth-order valence-corrected chi connectivity index (χ4v) is 3.46. The second-order valence-corrected chi connectivity index (χ2v) is 6.69. The van der Waals surface area contributed by atoms with Crippen LogP contribution in [0.25, 0.3) is 0 Å². The average molecular weight is 346 g/mol. The molecule has 6 nitrogen and oxygen atoms in total. The molecule has 2 aliphatic heterocycles. The van der Waals surface area contributed by atoms with Crippen molar-refractivity contribution in [3.63, 3.8) is 0 Å². The quantitative estimate of drug-likeness (QED) is 0.760. The third kappa shape index (κ3) is 4.19. The van der Waals surface area contributed by atoms with Crippen molar-refractivity contribution in [1.29, 1.82) is 0 Å². The summed E-state index contributed by atoms with van der Waals surface area (Å²) in [5.74, 6) is 0.979. The van der Waals surface area contributed by atoms with Crippen LogP contribution in [-0.2, 0) is 16.1 Å². The number of Topliss-reactive ketones (excluding diaryl/α,β-unsaturated/α-hetero) is 1. The van der Waals surface area contributed by atoms with E-state index in [1.807, 2.05) is 17.0 Å². The Morgan fingerprint density at radius 1 is 1.24 bits per heavy atom. The van der Waals surface area contributed by atoms with Gasteiger partial charge < -0.3 is 14.4 Å². The second-order valence-electron chi connectivity index (χ2n) is 6.69. The number of carbonyl (C=O) groups excluding carboxylic acids is 2. The molecule has 0 aliphatic carbocycles. The summed E-state index contributed by atoms with van der Waals surface area (Å²) < 4.78 is 10.9. The smallest absolute Gasteiger partial charge is 0.251 e. The molecule has 1 aromatic rings. The highest BCUT2D eigenvalue weighted by molar-refractivity contribution is 5.94. The number of piperazine rings is 1. The molecule has 0 N–H and O–H groups in total. The minimum absolute atomic E-state index is 0.0517. The van der Waals surface area contributed by atoms with Gasteiger partial charge in [-0.05, 0) is 38.0 Å². The van der Waals surface area contributed by atoms with Crippen molar-refractivity contribution in [2.45, 2.75) is 32.4 Å². The van der Waals surface area contributed by atoms with Crippen LogP contribution in [-0.4, -0.2) is 67.5 Å². The molecule has 136 valence electrons. The summed E-state index contributed by atoms with van der Waals surface area (Å²) in [6.45, 7) is 6.04. The summed E-state index contributed by atoms with van der Waals surface area (Å²) in [6, 6.07) is 5.55. The van der Waals surface area contributed by atoms with Gasteiger partial charge >= 0.3 is 0 Å². The number of carbonyl (C=O) groups is 2. The molecule has 2 saturated heterocycles. The lowest BCUT2D eigenvalue weighted by Crippen LogP contribution is -2.51. The molecule has 6 heteroatoms. The van der Waals surface area contributed by atoms with Crippen molar-refractivity contribution < 1.29 is 19.1 Å². The highest BCUT2D eigenvalue weighted by Gasteiger charge is 2.30. The van der Waals surface area contributed by atoms with Crippen molar-refractivity contribution >= 4 is 11.7 Å². The van der Waals surface area contributed by atoms with Crippen LogP contribution in [0.1, 0.15) is 35.7 Å². The number of ether oxygens (including phenoxy) is 2. The van der Waals surface area contributed by atoms with Gasteiger partial charge in [0.1, 0.15) is 11.9 Å². The van der Waals surface area contributed by atoms with Crippen LogP contribution < -0.4 is 4.74 Å². The third-order valence-electron chi connectivity index (χ3n) is 4.97. The maximum Gasteiger partial charge on any atom is 0.251 e. The molecule has 0 bridgehead atoms. The third-order valence-corrected chi connectivity index (χ3v) is 4.97. The van der Waals surface area contributed by atoms with E-state index in [0.717, 1.165) is 37.2 Å². The maximum absolute atomic E-state index is 12.4. The maximum atomic E-state index is 12.4. The molecule has 0 saturated carbocycles. The molecule has 0 spiro atoms. The van der Waals surface area contributed by atoms with Crippen molar-refractivity contribution in [2.24, 2.45) is 0 Å². The van der Waals surface area contributed by atoms with Crippen molar-refractivity contribution in [2.75, 3.05) is 39.9 Å². The summed E-state index contributed by atoms with van der Waals surface area (Å²) in [5.41, 5.74) is 1.71. The number of methoxy groups -OCH3 is 1. The molecular formula is C19H26N2O4. The van der Waals surface area contributed by atoms with Gasteiger partial charge in [-0.1, -0.05) is 0 Å². The first-order valence-corrected chi connectivity index (χ1v) is 8.89. The molecule has 0 aromatic heterocycles. The molecule has 0 radical (unpaired) electrons. The van der Waals surface area contributed by atoms with Gasteiger partial charge in [0.2, 0.25) is 0 Å². The van der Waals surface area contributed by atoms with E-state index in [9.17, 15) is 9.59 Å². The molecule has 2 fully saturated rings. The van der Waals surface area contributed by atoms with Gasteiger partial charge in [0.05, 0.1) is 7.11 Å². The number of benzene rings is 1. The topological polar surface area (TPSA) is 59.1 Å². The first kappa shape index (κ1) is 17.9. The van der Waals surface area contributed by atoms with Crippen LogP contribution in [0.15, 0.2) is 18.2 Å². The Morgan fingerprint density at radius 3 is 2.60 bits per heavy atom. The molecule has 1 aromatic carbocycles. The molecule has 25 heavy (non-hydrogen) atoms. The zero-order valence-electron chi connectivity index (χ0n) is 15.0. The Balaban J connectivity index is 1.59. The summed E-state index contributed by atoms with van der Waals surface area (Å²) >= 11 is 0. The number of hydrogen-bond donors (Lipinski definition) is 0. The fourth-order valence-electron chi connectivity index (χ4n) is 3.46. The first-order chi connectivity index (χ1) is 12.1. The molecule has 3 rings (SSSR count). The summed E-state index contributed by atoms with van der Waals surface area (Å²) in [6.07, 6.45) is 1.58. The number of hydrogen-bond acceptors (Lipinski definition) is 5. The SMILES string of the molecule is COc1ccc(C(C)=O)cc1CN1CCN(C(=O)[C@@H]2CCCO2)CC1. The van der Waals surface area contributed by atoms with E-state index in [1.165, 1.54) is 0 Å². The second kappa shape index (κ2) is 7.97. The van der Waals surface area contributed by atoms with Crippen LogP contribution >= 0.6 is 0 Å². The van der Waals surface area contributed by atoms with Crippen molar-refractivity contribution in [1.82, 2.24) is 9.80 Å². The van der Waals surface area contributed by atoms with Crippen LogP contribution in [0.5, 0.6) is 5.75 Å². The Bertz CT molecular complexity index is 632. The zero-order valence-corrected chi connectivity index (χ0v) is 15.0. The van der Waals surface area contributed by atoms with E-state index in [-0.39, 0.29) is 17.8 Å². The van der Waals surface area contributed by atoms with Crippen LogP contribution in [0, 0.1) is 0 Å². The summed E-state index contributed by atoms with van der Waals surface area (Å²) in [5, 5.41) is 0. The molecule has 2 heterocycles. The minimum Gasteiger partial charge on any atom is -0.496 e. The fraction of sp³-hybridized carbons (Fsp3) is 0.579. The first-order valence-electron chi connectivity index (χ1n) is 8.89. The highest BCUT2D eigenvalue weighted by Crippen LogP contribution is 2.23. The van der Waals surface area contributed by atoms with Crippen molar-refractivity contribution in [3.8, 4) is 5.75 Å². The molecular weight excluding hydrogens is 320 g/mol. The zero-order chi connectivity index (χ0) is 17.8. The molecule has 0 unspecified atom stereocenters. The van der Waals surface area contributed by atoms with Crippen LogP contribution in [0.4, 0.5) is 0 Å². The van der Waals surface area contributed by atoms with E-state index in [0.29, 0.717) is 31.8 Å². The Labute approximate surface area is 148 Å². The number of amides is 1. The lowest BCUT2D eigenvalue weighted by Gasteiger charge is -2.36. The van der Waals surface area contributed by atoms with Gasteiger partial charge in [0.15, 0.2) is 5.78 Å². The predicted octanol–water partition coefficient (Wildman–Crippen LogP) is 1.72. The number of rotatable bonds is 5. The monoisotopic (exact) mass is 346 g/mol. The predicted molar refractivity (Wildman–Crippen MR) is 93.8 cm³/mol. The Hall–Kier alpha value is -1.92. The number of nitrogens with zero attached hydrogens (tertiary/aromatic N) is 2. The highest BCUT2D eigenvalue weighted by atomic mass is 16.5. The Morgan fingerprint density at radius 2 is 2.00 bits per heavy atom. The lowest BCUT2D eigenvalue weighted by atomic mass is 10.1. The van der Waals surface area contributed by atoms with Crippen LogP contribution in [0.2, 0.25) is 0 Å². The largest absolute Gasteiger partial charge is 0.496 e. The molecule has 1 amide bonds. The van der Waals surface area contributed by atoms with Gasteiger partial charge in [0.25, 0.3) is 5.91 Å². The van der Waals surface area contributed by atoms with E-state index in [4.69, 9.17) is 9.47 Å². The summed E-state index contributed by atoms with van der Waals surface area (Å²) in [4.78, 5) is 28.2.